The summed E-state index contributed by atoms with van der Waals surface area (Å²) in [4.78, 5) is 0. The average Bonchev–Trinajstić information content (AvgIpc) is 2.48. The molecule has 2 aromatic rings. The Morgan fingerprint density at radius 3 is 2.45 bits per heavy atom. The Hall–Kier alpha value is -1.58. The molecule has 4 heteroatoms. The van der Waals surface area contributed by atoms with Crippen molar-refractivity contribution in [3.05, 3.63) is 64.4 Å². The summed E-state index contributed by atoms with van der Waals surface area (Å²) >= 11 is 5.74. The van der Waals surface area contributed by atoms with Crippen LogP contribution in [0.15, 0.2) is 42.5 Å². The van der Waals surface area contributed by atoms with Crippen molar-refractivity contribution < 1.29 is 9.13 Å². The SMILES string of the molecule is COc1ccc(CCNCc2ccc(F)c(Cl)c2)cc1. The predicted octanol–water partition coefficient (Wildman–Crippen LogP) is 3.82. The second-order valence-electron chi connectivity index (χ2n) is 4.52. The standard InChI is InChI=1S/C16H17ClFNO/c1-20-14-5-2-12(3-6-14)8-9-19-11-13-4-7-16(18)15(17)10-13/h2-7,10,19H,8-9,11H2,1H3. The fourth-order valence-corrected chi connectivity index (χ4v) is 2.11. The molecule has 2 nitrogen and oxygen atoms in total. The monoisotopic (exact) mass is 293 g/mol. The topological polar surface area (TPSA) is 21.3 Å². The summed E-state index contributed by atoms with van der Waals surface area (Å²) in [5, 5.41) is 3.48. The first-order valence-electron chi connectivity index (χ1n) is 6.46. The van der Waals surface area contributed by atoms with Crippen LogP contribution in [0.5, 0.6) is 5.75 Å². The zero-order chi connectivity index (χ0) is 14.4. The van der Waals surface area contributed by atoms with E-state index in [-0.39, 0.29) is 10.8 Å². The highest BCUT2D eigenvalue weighted by atomic mass is 35.5. The molecule has 0 saturated carbocycles. The van der Waals surface area contributed by atoms with Crippen molar-refractivity contribution in [2.75, 3.05) is 13.7 Å². The molecule has 0 heterocycles. The van der Waals surface area contributed by atoms with Gasteiger partial charge in [0.2, 0.25) is 0 Å². The zero-order valence-corrected chi connectivity index (χ0v) is 12.1. The van der Waals surface area contributed by atoms with Gasteiger partial charge < -0.3 is 10.1 Å². The van der Waals surface area contributed by atoms with E-state index in [4.69, 9.17) is 16.3 Å². The van der Waals surface area contributed by atoms with Crippen LogP contribution in [0, 0.1) is 5.82 Å². The quantitative estimate of drug-likeness (QED) is 0.818. The first-order valence-corrected chi connectivity index (χ1v) is 6.84. The smallest absolute Gasteiger partial charge is 0.141 e. The van der Waals surface area contributed by atoms with Crippen LogP contribution in [0.4, 0.5) is 4.39 Å². The average molecular weight is 294 g/mol. The van der Waals surface area contributed by atoms with Gasteiger partial charge in [0.1, 0.15) is 11.6 Å². The molecule has 0 aliphatic carbocycles. The maximum absolute atomic E-state index is 13.0. The molecule has 1 N–H and O–H groups in total. The Morgan fingerprint density at radius 1 is 1.10 bits per heavy atom. The number of ether oxygens (including phenoxy) is 1. The number of rotatable bonds is 6. The highest BCUT2D eigenvalue weighted by Crippen LogP contribution is 2.16. The molecule has 0 bridgehead atoms. The van der Waals surface area contributed by atoms with Gasteiger partial charge in [-0.05, 0) is 48.4 Å². The number of hydrogen-bond donors (Lipinski definition) is 1. The van der Waals surface area contributed by atoms with Crippen molar-refractivity contribution in [1.29, 1.82) is 0 Å². The molecular formula is C16H17ClFNO. The van der Waals surface area contributed by atoms with Gasteiger partial charge in [-0.15, -0.1) is 0 Å². The summed E-state index contributed by atoms with van der Waals surface area (Å²) < 4.78 is 18.1. The predicted molar refractivity (Wildman–Crippen MR) is 79.8 cm³/mol. The van der Waals surface area contributed by atoms with E-state index in [9.17, 15) is 4.39 Å². The van der Waals surface area contributed by atoms with Gasteiger partial charge in [-0.2, -0.15) is 0 Å². The molecule has 0 aromatic heterocycles. The van der Waals surface area contributed by atoms with E-state index in [2.05, 4.69) is 17.4 Å². The Kier molecular flexibility index (Phi) is 5.39. The molecule has 0 spiro atoms. The van der Waals surface area contributed by atoms with E-state index in [0.717, 1.165) is 24.3 Å². The van der Waals surface area contributed by atoms with E-state index >= 15 is 0 Å². The van der Waals surface area contributed by atoms with Crippen LogP contribution in [-0.4, -0.2) is 13.7 Å². The summed E-state index contributed by atoms with van der Waals surface area (Å²) in [6.07, 6.45) is 0.929. The lowest BCUT2D eigenvalue weighted by molar-refractivity contribution is 0.414. The maximum atomic E-state index is 13.0. The van der Waals surface area contributed by atoms with Gasteiger partial charge in [-0.1, -0.05) is 29.8 Å². The molecule has 0 atom stereocenters. The molecule has 2 aromatic carbocycles. The number of methoxy groups -OCH3 is 1. The van der Waals surface area contributed by atoms with Crippen molar-refractivity contribution in [2.45, 2.75) is 13.0 Å². The van der Waals surface area contributed by atoms with E-state index in [0.29, 0.717) is 6.54 Å². The summed E-state index contributed by atoms with van der Waals surface area (Å²) in [5.74, 6) is 0.483. The molecule has 0 amide bonds. The molecule has 106 valence electrons. The van der Waals surface area contributed by atoms with E-state index in [1.165, 1.54) is 11.6 Å². The Morgan fingerprint density at radius 2 is 1.80 bits per heavy atom. The fourth-order valence-electron chi connectivity index (χ4n) is 1.91. The highest BCUT2D eigenvalue weighted by Gasteiger charge is 2.00. The summed E-state index contributed by atoms with van der Waals surface area (Å²) in [5.41, 5.74) is 2.22. The minimum absolute atomic E-state index is 0.166. The summed E-state index contributed by atoms with van der Waals surface area (Å²) in [6, 6.07) is 12.8. The van der Waals surface area contributed by atoms with Crippen LogP contribution in [-0.2, 0) is 13.0 Å². The number of halogens is 2. The minimum Gasteiger partial charge on any atom is -0.497 e. The second kappa shape index (κ2) is 7.27. The van der Waals surface area contributed by atoms with Crippen molar-refractivity contribution in [3.8, 4) is 5.75 Å². The highest BCUT2D eigenvalue weighted by molar-refractivity contribution is 6.30. The number of hydrogen-bond acceptors (Lipinski definition) is 2. The lowest BCUT2D eigenvalue weighted by atomic mass is 10.1. The van der Waals surface area contributed by atoms with Gasteiger partial charge >= 0.3 is 0 Å². The van der Waals surface area contributed by atoms with Gasteiger partial charge in [0.15, 0.2) is 0 Å². The first-order chi connectivity index (χ1) is 9.69. The molecule has 20 heavy (non-hydrogen) atoms. The third kappa shape index (κ3) is 4.22. The van der Waals surface area contributed by atoms with Gasteiger partial charge in [0, 0.05) is 6.54 Å². The lowest BCUT2D eigenvalue weighted by Gasteiger charge is -2.07. The Balaban J connectivity index is 1.76. The van der Waals surface area contributed by atoms with Crippen LogP contribution < -0.4 is 10.1 Å². The normalized spacial score (nSPS) is 10.6. The van der Waals surface area contributed by atoms with Gasteiger partial charge in [0.25, 0.3) is 0 Å². The molecule has 2 rings (SSSR count). The molecule has 0 radical (unpaired) electrons. The molecule has 0 aliphatic rings. The molecule has 0 unspecified atom stereocenters. The van der Waals surface area contributed by atoms with Crippen LogP contribution in [0.25, 0.3) is 0 Å². The Labute approximate surface area is 123 Å². The largest absolute Gasteiger partial charge is 0.497 e. The minimum atomic E-state index is -0.381. The lowest BCUT2D eigenvalue weighted by Crippen LogP contribution is -2.16. The van der Waals surface area contributed by atoms with E-state index in [1.807, 2.05) is 12.1 Å². The van der Waals surface area contributed by atoms with Gasteiger partial charge in [0.05, 0.1) is 12.1 Å². The van der Waals surface area contributed by atoms with Crippen molar-refractivity contribution in [3.63, 3.8) is 0 Å². The van der Waals surface area contributed by atoms with E-state index in [1.54, 1.807) is 19.2 Å². The van der Waals surface area contributed by atoms with Crippen LogP contribution in [0.1, 0.15) is 11.1 Å². The number of nitrogens with one attached hydrogen (secondary N) is 1. The number of benzene rings is 2. The molecule has 0 aliphatic heterocycles. The summed E-state index contributed by atoms with van der Waals surface area (Å²) in [6.45, 7) is 1.53. The molecular weight excluding hydrogens is 277 g/mol. The Bertz CT molecular complexity index is 557. The maximum Gasteiger partial charge on any atom is 0.141 e. The molecule has 0 fully saturated rings. The van der Waals surface area contributed by atoms with Crippen molar-refractivity contribution in [2.24, 2.45) is 0 Å². The van der Waals surface area contributed by atoms with Gasteiger partial charge in [-0.25, -0.2) is 4.39 Å². The van der Waals surface area contributed by atoms with E-state index < -0.39 is 0 Å². The summed E-state index contributed by atoms with van der Waals surface area (Å²) in [7, 11) is 1.66. The third-order valence-electron chi connectivity index (χ3n) is 3.06. The van der Waals surface area contributed by atoms with Crippen LogP contribution in [0.2, 0.25) is 5.02 Å². The van der Waals surface area contributed by atoms with Crippen LogP contribution >= 0.6 is 11.6 Å². The fraction of sp³-hybridized carbons (Fsp3) is 0.250. The van der Waals surface area contributed by atoms with Crippen molar-refractivity contribution >= 4 is 11.6 Å². The first kappa shape index (κ1) is 14.8. The zero-order valence-electron chi connectivity index (χ0n) is 11.3. The van der Waals surface area contributed by atoms with Crippen molar-refractivity contribution in [1.82, 2.24) is 5.32 Å². The van der Waals surface area contributed by atoms with Gasteiger partial charge in [-0.3, -0.25) is 0 Å². The van der Waals surface area contributed by atoms with Crippen LogP contribution in [0.3, 0.4) is 0 Å². The second-order valence-corrected chi connectivity index (χ2v) is 4.93. The third-order valence-corrected chi connectivity index (χ3v) is 3.35. The molecule has 0 saturated heterocycles.